The zero-order valence-electron chi connectivity index (χ0n) is 39.0. The highest BCUT2D eigenvalue weighted by Gasteiger charge is 2.19. The van der Waals surface area contributed by atoms with Crippen LogP contribution in [-0.4, -0.2) is 37.2 Å². The SMILES string of the molecule is CCCC/C=C\CCCCCCC(=O)OCC(COC(=O)CCCCCCC\C=C/C=C\C=C/CCCCCCC)OC(=O)CCCCCCCCCCCCCCC. The lowest BCUT2D eigenvalue weighted by atomic mass is 10.0. The largest absolute Gasteiger partial charge is 0.462 e. The second-order valence-electron chi connectivity index (χ2n) is 16.8. The van der Waals surface area contributed by atoms with E-state index in [1.165, 1.54) is 116 Å². The Morgan fingerprint density at radius 1 is 0.339 bits per heavy atom. The van der Waals surface area contributed by atoms with Crippen LogP contribution >= 0.6 is 0 Å². The first-order valence-corrected chi connectivity index (χ1v) is 25.2. The van der Waals surface area contributed by atoms with Crippen molar-refractivity contribution in [3.05, 3.63) is 48.6 Å². The molecule has 0 N–H and O–H groups in total. The molecule has 0 spiro atoms. The van der Waals surface area contributed by atoms with Gasteiger partial charge in [0, 0.05) is 19.3 Å². The highest BCUT2D eigenvalue weighted by molar-refractivity contribution is 5.71. The van der Waals surface area contributed by atoms with Gasteiger partial charge in [-0.05, 0) is 64.2 Å². The molecule has 0 radical (unpaired) electrons. The molecule has 0 saturated carbocycles. The van der Waals surface area contributed by atoms with E-state index in [-0.39, 0.29) is 31.1 Å². The number of ether oxygens (including phenoxy) is 3. The zero-order chi connectivity index (χ0) is 43.0. The third-order valence-electron chi connectivity index (χ3n) is 10.9. The third-order valence-corrected chi connectivity index (χ3v) is 10.9. The fourth-order valence-corrected chi connectivity index (χ4v) is 7.01. The van der Waals surface area contributed by atoms with E-state index < -0.39 is 6.10 Å². The Labute approximate surface area is 365 Å². The number of carbonyl (C=O) groups excluding carboxylic acids is 3. The minimum Gasteiger partial charge on any atom is -0.462 e. The van der Waals surface area contributed by atoms with Gasteiger partial charge < -0.3 is 14.2 Å². The van der Waals surface area contributed by atoms with E-state index in [2.05, 4.69) is 69.4 Å². The zero-order valence-corrected chi connectivity index (χ0v) is 39.0. The smallest absolute Gasteiger partial charge is 0.306 e. The molecule has 1 unspecified atom stereocenters. The number of carbonyl (C=O) groups is 3. The van der Waals surface area contributed by atoms with Crippen molar-refractivity contribution in [1.82, 2.24) is 0 Å². The molecule has 0 aliphatic rings. The molecular formula is C53H94O6. The molecule has 0 amide bonds. The van der Waals surface area contributed by atoms with Crippen LogP contribution in [-0.2, 0) is 28.6 Å². The summed E-state index contributed by atoms with van der Waals surface area (Å²) in [4.78, 5) is 37.8. The summed E-state index contributed by atoms with van der Waals surface area (Å²) in [6.07, 6.45) is 56.6. The van der Waals surface area contributed by atoms with E-state index in [1.807, 2.05) is 0 Å². The monoisotopic (exact) mass is 827 g/mol. The molecule has 1 atom stereocenters. The van der Waals surface area contributed by atoms with Crippen LogP contribution in [0.2, 0.25) is 0 Å². The molecule has 0 aliphatic heterocycles. The van der Waals surface area contributed by atoms with Crippen LogP contribution in [0.25, 0.3) is 0 Å². The first-order chi connectivity index (χ1) is 29.0. The Bertz CT molecular complexity index is 1040. The lowest BCUT2D eigenvalue weighted by Crippen LogP contribution is -2.30. The summed E-state index contributed by atoms with van der Waals surface area (Å²) in [6, 6.07) is 0. The summed E-state index contributed by atoms with van der Waals surface area (Å²) in [5, 5.41) is 0. The quantitative estimate of drug-likeness (QED) is 0.0200. The van der Waals surface area contributed by atoms with Crippen molar-refractivity contribution in [3.63, 3.8) is 0 Å². The summed E-state index contributed by atoms with van der Waals surface area (Å²) in [6.45, 7) is 6.56. The van der Waals surface area contributed by atoms with Crippen LogP contribution in [0.15, 0.2) is 48.6 Å². The minimum atomic E-state index is -0.781. The van der Waals surface area contributed by atoms with Crippen LogP contribution in [0, 0.1) is 0 Å². The van der Waals surface area contributed by atoms with E-state index in [9.17, 15) is 14.4 Å². The number of hydrogen-bond donors (Lipinski definition) is 0. The number of hydrogen-bond acceptors (Lipinski definition) is 6. The van der Waals surface area contributed by atoms with Gasteiger partial charge >= 0.3 is 17.9 Å². The molecule has 59 heavy (non-hydrogen) atoms. The van der Waals surface area contributed by atoms with Gasteiger partial charge in [-0.3, -0.25) is 14.4 Å². The van der Waals surface area contributed by atoms with Crippen molar-refractivity contribution in [2.45, 2.75) is 258 Å². The molecule has 0 aliphatic carbocycles. The first-order valence-electron chi connectivity index (χ1n) is 25.2. The lowest BCUT2D eigenvalue weighted by molar-refractivity contribution is -0.167. The van der Waals surface area contributed by atoms with Crippen molar-refractivity contribution in [3.8, 4) is 0 Å². The number of esters is 3. The molecule has 0 bridgehead atoms. The fourth-order valence-electron chi connectivity index (χ4n) is 7.01. The predicted octanol–water partition coefficient (Wildman–Crippen LogP) is 16.3. The van der Waals surface area contributed by atoms with Gasteiger partial charge in [-0.15, -0.1) is 0 Å². The van der Waals surface area contributed by atoms with Crippen molar-refractivity contribution >= 4 is 17.9 Å². The highest BCUT2D eigenvalue weighted by atomic mass is 16.6. The topological polar surface area (TPSA) is 78.9 Å². The number of unbranched alkanes of at least 4 members (excludes halogenated alkanes) is 28. The maximum Gasteiger partial charge on any atom is 0.306 e. The van der Waals surface area contributed by atoms with Crippen molar-refractivity contribution in [1.29, 1.82) is 0 Å². The third kappa shape index (κ3) is 46.3. The van der Waals surface area contributed by atoms with Gasteiger partial charge in [0.25, 0.3) is 0 Å². The lowest BCUT2D eigenvalue weighted by Gasteiger charge is -2.18. The molecule has 0 saturated heterocycles. The Balaban J connectivity index is 4.37. The fraction of sp³-hybridized carbons (Fsp3) is 0.792. The van der Waals surface area contributed by atoms with Crippen LogP contribution in [0.1, 0.15) is 252 Å². The maximum absolute atomic E-state index is 12.8. The van der Waals surface area contributed by atoms with Gasteiger partial charge in [-0.1, -0.05) is 217 Å². The van der Waals surface area contributed by atoms with Crippen molar-refractivity contribution in [2.75, 3.05) is 13.2 Å². The summed E-state index contributed by atoms with van der Waals surface area (Å²) in [5.74, 6) is -0.911. The highest BCUT2D eigenvalue weighted by Crippen LogP contribution is 2.15. The Morgan fingerprint density at radius 3 is 1.03 bits per heavy atom. The van der Waals surface area contributed by atoms with E-state index in [1.54, 1.807) is 0 Å². The van der Waals surface area contributed by atoms with E-state index in [0.29, 0.717) is 19.3 Å². The molecule has 6 nitrogen and oxygen atoms in total. The number of allylic oxidation sites excluding steroid dienone is 8. The van der Waals surface area contributed by atoms with Crippen LogP contribution < -0.4 is 0 Å². The first kappa shape index (κ1) is 56.4. The molecule has 6 heteroatoms. The predicted molar refractivity (Wildman–Crippen MR) is 252 cm³/mol. The summed E-state index contributed by atoms with van der Waals surface area (Å²) in [5.41, 5.74) is 0. The van der Waals surface area contributed by atoms with Crippen LogP contribution in [0.5, 0.6) is 0 Å². The van der Waals surface area contributed by atoms with E-state index >= 15 is 0 Å². The molecular weight excluding hydrogens is 733 g/mol. The average molecular weight is 827 g/mol. The molecule has 0 aromatic heterocycles. The Hall–Kier alpha value is -2.63. The summed E-state index contributed by atoms with van der Waals surface area (Å²) >= 11 is 0. The molecule has 0 aromatic rings. The van der Waals surface area contributed by atoms with Crippen molar-refractivity contribution in [2.24, 2.45) is 0 Å². The molecule has 0 fully saturated rings. The molecule has 0 aromatic carbocycles. The van der Waals surface area contributed by atoms with E-state index in [4.69, 9.17) is 14.2 Å². The van der Waals surface area contributed by atoms with E-state index in [0.717, 1.165) is 96.3 Å². The van der Waals surface area contributed by atoms with Gasteiger partial charge in [-0.25, -0.2) is 0 Å². The van der Waals surface area contributed by atoms with Gasteiger partial charge in [0.15, 0.2) is 6.10 Å². The van der Waals surface area contributed by atoms with Crippen LogP contribution in [0.3, 0.4) is 0 Å². The van der Waals surface area contributed by atoms with Crippen LogP contribution in [0.4, 0.5) is 0 Å². The number of rotatable bonds is 45. The van der Waals surface area contributed by atoms with Gasteiger partial charge in [0.2, 0.25) is 0 Å². The normalized spacial score (nSPS) is 12.4. The minimum absolute atomic E-state index is 0.0842. The Morgan fingerprint density at radius 2 is 0.644 bits per heavy atom. The van der Waals surface area contributed by atoms with Gasteiger partial charge in [0.05, 0.1) is 0 Å². The summed E-state index contributed by atoms with van der Waals surface area (Å²) in [7, 11) is 0. The average Bonchev–Trinajstić information content (AvgIpc) is 3.23. The Kier molecular flexibility index (Phi) is 45.9. The second kappa shape index (κ2) is 48.0. The molecule has 0 rings (SSSR count). The van der Waals surface area contributed by atoms with Crippen molar-refractivity contribution < 1.29 is 28.6 Å². The summed E-state index contributed by atoms with van der Waals surface area (Å²) < 4.78 is 16.7. The molecule has 0 heterocycles. The van der Waals surface area contributed by atoms with Gasteiger partial charge in [0.1, 0.15) is 13.2 Å². The van der Waals surface area contributed by atoms with Gasteiger partial charge in [-0.2, -0.15) is 0 Å². The standard InChI is InChI=1S/C53H94O6/c1-4-7-10-13-16-19-22-24-25-26-27-28-30-31-34-37-40-43-46-52(55)58-49-50(48-57-51(54)45-42-39-36-33-21-18-15-12-9-6-3)59-53(56)47-44-41-38-35-32-29-23-20-17-14-11-8-5-2/h15,18,22,24-28,50H,4-14,16-17,19-21,23,29-49H2,1-3H3/b18-15-,24-22-,26-25-,28-27-. The maximum atomic E-state index is 12.8. The second-order valence-corrected chi connectivity index (χ2v) is 16.8. The molecule has 342 valence electrons.